The third kappa shape index (κ3) is 4.53. The van der Waals surface area contributed by atoms with E-state index in [1.54, 1.807) is 12.1 Å². The minimum absolute atomic E-state index is 0.0849. The molecule has 0 unspecified atom stereocenters. The van der Waals surface area contributed by atoms with Crippen LogP contribution in [0.5, 0.6) is 0 Å². The third-order valence-electron chi connectivity index (χ3n) is 3.16. The summed E-state index contributed by atoms with van der Waals surface area (Å²) in [6.45, 7) is 4.63. The number of anilines is 2. The van der Waals surface area contributed by atoms with Gasteiger partial charge in [0.15, 0.2) is 5.13 Å². The Hall–Kier alpha value is -1.95. The van der Waals surface area contributed by atoms with Crippen LogP contribution in [0.2, 0.25) is 0 Å². The van der Waals surface area contributed by atoms with Gasteiger partial charge in [0, 0.05) is 12.2 Å². The summed E-state index contributed by atoms with van der Waals surface area (Å²) in [6.07, 6.45) is 3.22. The van der Waals surface area contributed by atoms with Crippen molar-refractivity contribution in [1.82, 2.24) is 10.3 Å². The first-order valence-corrected chi connectivity index (χ1v) is 8.20. The molecule has 2 N–H and O–H groups in total. The molecule has 0 spiro atoms. The Kier molecular flexibility index (Phi) is 5.89. The molecule has 118 valence electrons. The summed E-state index contributed by atoms with van der Waals surface area (Å²) in [5.41, 5.74) is 1.44. The molecule has 2 rings (SSSR count). The highest BCUT2D eigenvalue weighted by Gasteiger charge is 2.14. The van der Waals surface area contributed by atoms with Gasteiger partial charge in [-0.25, -0.2) is 9.37 Å². The smallest absolute Gasteiger partial charge is 0.263 e. The number of hydrogen-bond donors (Lipinski definition) is 2. The van der Waals surface area contributed by atoms with Crippen molar-refractivity contribution in [2.45, 2.75) is 33.1 Å². The van der Waals surface area contributed by atoms with E-state index in [0.29, 0.717) is 22.2 Å². The number of aromatic nitrogens is 1. The van der Waals surface area contributed by atoms with Crippen molar-refractivity contribution >= 4 is 28.1 Å². The molecule has 1 amide bonds. The second-order valence-electron chi connectivity index (χ2n) is 5.03. The van der Waals surface area contributed by atoms with E-state index in [2.05, 4.69) is 22.5 Å². The predicted octanol–water partition coefficient (Wildman–Crippen LogP) is 4.25. The van der Waals surface area contributed by atoms with Crippen molar-refractivity contribution in [1.29, 1.82) is 0 Å². The number of rotatable bonds is 7. The molecule has 0 fully saturated rings. The Balaban J connectivity index is 1.98. The molecule has 0 radical (unpaired) electrons. The van der Waals surface area contributed by atoms with E-state index in [1.165, 1.54) is 23.5 Å². The van der Waals surface area contributed by atoms with Crippen LogP contribution in [-0.2, 0) is 0 Å². The van der Waals surface area contributed by atoms with Gasteiger partial charge >= 0.3 is 0 Å². The van der Waals surface area contributed by atoms with E-state index < -0.39 is 0 Å². The molecule has 1 aromatic heterocycles. The molecule has 1 heterocycles. The zero-order valence-corrected chi connectivity index (χ0v) is 13.6. The quantitative estimate of drug-likeness (QED) is 0.749. The van der Waals surface area contributed by atoms with Gasteiger partial charge in [-0.05, 0) is 37.6 Å². The van der Waals surface area contributed by atoms with Gasteiger partial charge in [-0.15, -0.1) is 0 Å². The Labute approximate surface area is 133 Å². The molecule has 22 heavy (non-hydrogen) atoms. The summed E-state index contributed by atoms with van der Waals surface area (Å²) < 4.78 is 12.9. The minimum Gasteiger partial charge on any atom is -0.351 e. The first-order chi connectivity index (χ1) is 10.6. The maximum atomic E-state index is 12.9. The molecule has 6 heteroatoms. The van der Waals surface area contributed by atoms with Crippen LogP contribution in [-0.4, -0.2) is 17.4 Å². The monoisotopic (exact) mass is 321 g/mol. The van der Waals surface area contributed by atoms with Crippen molar-refractivity contribution in [3.63, 3.8) is 0 Å². The van der Waals surface area contributed by atoms with Crippen molar-refractivity contribution in [3.05, 3.63) is 40.7 Å². The minimum atomic E-state index is -0.284. The SMILES string of the molecule is CCCCCNC(=O)c1sc(Nc2ccc(F)cc2)nc1C. The lowest BCUT2D eigenvalue weighted by Crippen LogP contribution is -2.24. The van der Waals surface area contributed by atoms with Gasteiger partial charge in [-0.1, -0.05) is 31.1 Å². The Morgan fingerprint density at radius 3 is 2.68 bits per heavy atom. The molecule has 0 bridgehead atoms. The molecule has 0 atom stereocenters. The number of aryl methyl sites for hydroxylation is 1. The summed E-state index contributed by atoms with van der Waals surface area (Å²) in [5.74, 6) is -0.369. The van der Waals surface area contributed by atoms with Crippen LogP contribution in [0.25, 0.3) is 0 Å². The summed E-state index contributed by atoms with van der Waals surface area (Å²) in [6, 6.07) is 6.03. The summed E-state index contributed by atoms with van der Waals surface area (Å²) in [7, 11) is 0. The van der Waals surface area contributed by atoms with Crippen molar-refractivity contribution in [2.75, 3.05) is 11.9 Å². The Morgan fingerprint density at radius 1 is 1.27 bits per heavy atom. The molecule has 1 aromatic carbocycles. The van der Waals surface area contributed by atoms with Gasteiger partial charge in [-0.3, -0.25) is 4.79 Å². The standard InChI is InChI=1S/C16H20FN3OS/c1-3-4-5-10-18-15(21)14-11(2)19-16(22-14)20-13-8-6-12(17)7-9-13/h6-9H,3-5,10H2,1-2H3,(H,18,21)(H,19,20). The molecular weight excluding hydrogens is 301 g/mol. The van der Waals surface area contributed by atoms with Gasteiger partial charge < -0.3 is 10.6 Å². The van der Waals surface area contributed by atoms with E-state index in [9.17, 15) is 9.18 Å². The van der Waals surface area contributed by atoms with E-state index in [-0.39, 0.29) is 11.7 Å². The topological polar surface area (TPSA) is 54.0 Å². The molecule has 0 aliphatic heterocycles. The lowest BCUT2D eigenvalue weighted by Gasteiger charge is -2.03. The highest BCUT2D eigenvalue weighted by atomic mass is 32.1. The average molecular weight is 321 g/mol. The molecule has 0 aliphatic rings. The molecular formula is C16H20FN3OS. The summed E-state index contributed by atoms with van der Waals surface area (Å²) >= 11 is 1.30. The average Bonchev–Trinajstić information content (AvgIpc) is 2.86. The van der Waals surface area contributed by atoms with E-state index in [1.807, 2.05) is 6.92 Å². The van der Waals surface area contributed by atoms with Crippen molar-refractivity contribution < 1.29 is 9.18 Å². The van der Waals surface area contributed by atoms with Crippen LogP contribution >= 0.6 is 11.3 Å². The number of carbonyl (C=O) groups is 1. The molecule has 2 aromatic rings. The van der Waals surface area contributed by atoms with Crippen LogP contribution in [0.4, 0.5) is 15.2 Å². The fraction of sp³-hybridized carbons (Fsp3) is 0.375. The highest BCUT2D eigenvalue weighted by molar-refractivity contribution is 7.17. The molecule has 0 saturated heterocycles. The second-order valence-corrected chi connectivity index (χ2v) is 6.03. The number of nitrogens with zero attached hydrogens (tertiary/aromatic N) is 1. The molecule has 4 nitrogen and oxygen atoms in total. The number of nitrogens with one attached hydrogen (secondary N) is 2. The fourth-order valence-corrected chi connectivity index (χ4v) is 2.88. The zero-order valence-electron chi connectivity index (χ0n) is 12.8. The van der Waals surface area contributed by atoms with E-state index >= 15 is 0 Å². The number of amides is 1. The normalized spacial score (nSPS) is 10.5. The van der Waals surface area contributed by atoms with Crippen molar-refractivity contribution in [3.8, 4) is 0 Å². The lowest BCUT2D eigenvalue weighted by molar-refractivity contribution is 0.0956. The first-order valence-electron chi connectivity index (χ1n) is 7.38. The third-order valence-corrected chi connectivity index (χ3v) is 4.24. The van der Waals surface area contributed by atoms with Crippen LogP contribution in [0, 0.1) is 12.7 Å². The Bertz CT molecular complexity index is 625. The zero-order chi connectivity index (χ0) is 15.9. The lowest BCUT2D eigenvalue weighted by atomic mass is 10.2. The molecule has 0 aliphatic carbocycles. The maximum Gasteiger partial charge on any atom is 0.263 e. The van der Waals surface area contributed by atoms with Gasteiger partial charge in [0.1, 0.15) is 10.7 Å². The summed E-state index contributed by atoms with van der Waals surface area (Å²) in [5, 5.41) is 6.63. The second kappa shape index (κ2) is 7.89. The fourth-order valence-electron chi connectivity index (χ4n) is 1.97. The van der Waals surface area contributed by atoms with Crippen LogP contribution in [0.1, 0.15) is 41.6 Å². The summed E-state index contributed by atoms with van der Waals surface area (Å²) in [4.78, 5) is 17.1. The van der Waals surface area contributed by atoms with Gasteiger partial charge in [-0.2, -0.15) is 0 Å². The van der Waals surface area contributed by atoms with Crippen LogP contribution in [0.3, 0.4) is 0 Å². The van der Waals surface area contributed by atoms with Crippen molar-refractivity contribution in [2.24, 2.45) is 0 Å². The number of carbonyl (C=O) groups excluding carboxylic acids is 1. The van der Waals surface area contributed by atoms with Gasteiger partial charge in [0.05, 0.1) is 5.69 Å². The number of hydrogen-bond acceptors (Lipinski definition) is 4. The number of unbranched alkanes of at least 4 members (excludes halogenated alkanes) is 2. The van der Waals surface area contributed by atoms with Gasteiger partial charge in [0.25, 0.3) is 5.91 Å². The first kappa shape index (κ1) is 16.4. The van der Waals surface area contributed by atoms with Gasteiger partial charge in [0.2, 0.25) is 0 Å². The van der Waals surface area contributed by atoms with E-state index in [0.717, 1.165) is 24.9 Å². The Morgan fingerprint density at radius 2 is 2.00 bits per heavy atom. The number of halogens is 1. The maximum absolute atomic E-state index is 12.9. The van der Waals surface area contributed by atoms with E-state index in [4.69, 9.17) is 0 Å². The highest BCUT2D eigenvalue weighted by Crippen LogP contribution is 2.25. The predicted molar refractivity (Wildman–Crippen MR) is 88.4 cm³/mol. The molecule has 0 saturated carbocycles. The number of benzene rings is 1. The number of thiazole rings is 1. The van der Waals surface area contributed by atoms with Crippen LogP contribution < -0.4 is 10.6 Å². The largest absolute Gasteiger partial charge is 0.351 e. The van der Waals surface area contributed by atoms with Crippen LogP contribution in [0.15, 0.2) is 24.3 Å².